The van der Waals surface area contributed by atoms with Crippen molar-refractivity contribution < 1.29 is 9.13 Å². The Morgan fingerprint density at radius 3 is 2.16 bits per heavy atom. The molecule has 4 heteroatoms. The van der Waals surface area contributed by atoms with Gasteiger partial charge in [-0.2, -0.15) is 0 Å². The van der Waals surface area contributed by atoms with E-state index >= 15 is 0 Å². The largest absolute Gasteiger partial charge is 0.355 e. The van der Waals surface area contributed by atoms with Gasteiger partial charge in [0.05, 0.1) is 5.60 Å². The van der Waals surface area contributed by atoms with E-state index in [0.717, 1.165) is 24.9 Å². The van der Waals surface area contributed by atoms with Crippen molar-refractivity contribution in [1.29, 1.82) is 0 Å². The molecule has 0 aromatic heterocycles. The van der Waals surface area contributed by atoms with Crippen molar-refractivity contribution in [3.05, 3.63) is 71.0 Å². The molecule has 0 bridgehead atoms. The number of nitrogens with zero attached hydrogens (tertiary/aromatic N) is 1. The van der Waals surface area contributed by atoms with Crippen LogP contribution in [0.5, 0.6) is 0 Å². The van der Waals surface area contributed by atoms with E-state index in [1.165, 1.54) is 23.3 Å². The van der Waals surface area contributed by atoms with Crippen molar-refractivity contribution in [2.75, 3.05) is 20.6 Å². The molecule has 2 nitrogen and oxygen atoms in total. The Balaban J connectivity index is 0.00000225. The Kier molecular flexibility index (Phi) is 5.93. The molecule has 0 saturated heterocycles. The summed E-state index contributed by atoms with van der Waals surface area (Å²) in [6.45, 7) is 5.22. The molecule has 1 unspecified atom stereocenters. The molecule has 2 aromatic rings. The maximum atomic E-state index is 13.5. The fraction of sp³-hybridized carbons (Fsp3) is 0.429. The van der Waals surface area contributed by atoms with Gasteiger partial charge in [-0.25, -0.2) is 4.39 Å². The average Bonchev–Trinajstić information content (AvgIpc) is 2.77. The second-order valence-electron chi connectivity index (χ2n) is 7.40. The van der Waals surface area contributed by atoms with Crippen LogP contribution in [0.4, 0.5) is 4.39 Å². The standard InChI is InChI=1S/C21H26FNO.ClH/c1-20(2)18-8-5-6-9-19(18)21(24-20,14-7-15-23(3)4)16-10-12-17(22)13-11-16;/h5-6,8-13H,7,14-15H2,1-4H3;1H. The van der Waals surface area contributed by atoms with Crippen molar-refractivity contribution in [3.63, 3.8) is 0 Å². The molecule has 0 saturated carbocycles. The lowest BCUT2D eigenvalue weighted by atomic mass is 9.81. The van der Waals surface area contributed by atoms with E-state index in [1.807, 2.05) is 12.1 Å². The maximum absolute atomic E-state index is 13.5. The SMILES string of the molecule is CN(C)CCCC1(c2ccc(F)cc2)OC(C)(C)c2ccccc21.Cl. The zero-order valence-electron chi connectivity index (χ0n) is 15.4. The molecule has 0 aliphatic carbocycles. The molecular formula is C21H27ClFNO. The third kappa shape index (κ3) is 3.74. The van der Waals surface area contributed by atoms with E-state index in [0.29, 0.717) is 0 Å². The summed E-state index contributed by atoms with van der Waals surface area (Å²) in [5.74, 6) is -0.215. The highest BCUT2D eigenvalue weighted by molar-refractivity contribution is 5.85. The molecule has 1 aliphatic heterocycles. The number of rotatable bonds is 5. The summed E-state index contributed by atoms with van der Waals surface area (Å²) in [6.07, 6.45) is 1.88. The van der Waals surface area contributed by atoms with Gasteiger partial charge in [0.15, 0.2) is 0 Å². The first kappa shape index (κ1) is 19.9. The van der Waals surface area contributed by atoms with Gasteiger partial charge in [0.25, 0.3) is 0 Å². The molecule has 0 fully saturated rings. The predicted molar refractivity (Wildman–Crippen MR) is 103 cm³/mol. The van der Waals surface area contributed by atoms with E-state index < -0.39 is 5.60 Å². The van der Waals surface area contributed by atoms with Gasteiger partial charge in [-0.15, -0.1) is 12.4 Å². The highest BCUT2D eigenvalue weighted by Crippen LogP contribution is 2.52. The molecule has 25 heavy (non-hydrogen) atoms. The Labute approximate surface area is 156 Å². The minimum atomic E-state index is -0.510. The smallest absolute Gasteiger partial charge is 0.123 e. The maximum Gasteiger partial charge on any atom is 0.123 e. The molecule has 0 radical (unpaired) electrons. The van der Waals surface area contributed by atoms with Gasteiger partial charge in [-0.1, -0.05) is 36.4 Å². The van der Waals surface area contributed by atoms with Crippen molar-refractivity contribution in [2.24, 2.45) is 0 Å². The van der Waals surface area contributed by atoms with Crippen molar-refractivity contribution in [1.82, 2.24) is 4.90 Å². The van der Waals surface area contributed by atoms with Crippen LogP contribution in [0.25, 0.3) is 0 Å². The van der Waals surface area contributed by atoms with Crippen LogP contribution in [-0.2, 0) is 15.9 Å². The van der Waals surface area contributed by atoms with Gasteiger partial charge in [0.2, 0.25) is 0 Å². The third-order valence-electron chi connectivity index (χ3n) is 4.88. The van der Waals surface area contributed by atoms with Crippen LogP contribution in [-0.4, -0.2) is 25.5 Å². The molecule has 1 aliphatic rings. The summed E-state index contributed by atoms with van der Waals surface area (Å²) >= 11 is 0. The van der Waals surface area contributed by atoms with Gasteiger partial charge in [-0.05, 0) is 76.2 Å². The minimum absolute atomic E-state index is 0. The summed E-state index contributed by atoms with van der Waals surface area (Å²) in [5, 5.41) is 0. The molecule has 136 valence electrons. The second kappa shape index (κ2) is 7.45. The van der Waals surface area contributed by atoms with Crippen LogP contribution in [0, 0.1) is 5.82 Å². The summed E-state index contributed by atoms with van der Waals surface area (Å²) in [4.78, 5) is 2.18. The van der Waals surface area contributed by atoms with Crippen LogP contribution in [0.1, 0.15) is 43.4 Å². The summed E-state index contributed by atoms with van der Waals surface area (Å²) in [5.41, 5.74) is 2.59. The number of hydrogen-bond acceptors (Lipinski definition) is 2. The van der Waals surface area contributed by atoms with E-state index in [9.17, 15) is 4.39 Å². The van der Waals surface area contributed by atoms with Crippen LogP contribution in [0.15, 0.2) is 48.5 Å². The number of fused-ring (bicyclic) bond motifs is 1. The first-order valence-corrected chi connectivity index (χ1v) is 8.56. The van der Waals surface area contributed by atoms with E-state index in [2.05, 4.69) is 57.1 Å². The first-order valence-electron chi connectivity index (χ1n) is 8.56. The molecule has 1 heterocycles. The molecule has 1 atom stereocenters. The summed E-state index contributed by atoms with van der Waals surface area (Å²) in [7, 11) is 4.16. The lowest BCUT2D eigenvalue weighted by Crippen LogP contribution is -2.31. The quantitative estimate of drug-likeness (QED) is 0.732. The number of hydrogen-bond donors (Lipinski definition) is 0. The third-order valence-corrected chi connectivity index (χ3v) is 4.88. The summed E-state index contributed by atoms with van der Waals surface area (Å²) in [6, 6.07) is 15.2. The first-order chi connectivity index (χ1) is 11.3. The van der Waals surface area contributed by atoms with Crippen molar-refractivity contribution >= 4 is 12.4 Å². The fourth-order valence-electron chi connectivity index (χ4n) is 3.81. The zero-order chi connectivity index (χ0) is 17.4. The van der Waals surface area contributed by atoms with E-state index in [-0.39, 0.29) is 23.8 Å². The number of halogens is 2. The Hall–Kier alpha value is -1.42. The second-order valence-corrected chi connectivity index (χ2v) is 7.40. The summed E-state index contributed by atoms with van der Waals surface area (Å²) < 4.78 is 20.1. The number of benzene rings is 2. The van der Waals surface area contributed by atoms with Gasteiger partial charge in [0, 0.05) is 0 Å². The van der Waals surface area contributed by atoms with E-state index in [1.54, 1.807) is 0 Å². The van der Waals surface area contributed by atoms with Crippen molar-refractivity contribution in [3.8, 4) is 0 Å². The molecule has 2 aromatic carbocycles. The fourth-order valence-corrected chi connectivity index (χ4v) is 3.81. The molecule has 0 amide bonds. The van der Waals surface area contributed by atoms with Crippen LogP contribution >= 0.6 is 12.4 Å². The lowest BCUT2D eigenvalue weighted by Gasteiger charge is -2.34. The van der Waals surface area contributed by atoms with E-state index in [4.69, 9.17) is 4.74 Å². The van der Waals surface area contributed by atoms with Crippen LogP contribution < -0.4 is 0 Å². The molecule has 0 N–H and O–H groups in total. The average molecular weight is 364 g/mol. The minimum Gasteiger partial charge on any atom is -0.355 e. The van der Waals surface area contributed by atoms with Crippen LogP contribution in [0.2, 0.25) is 0 Å². The van der Waals surface area contributed by atoms with Crippen molar-refractivity contribution in [2.45, 2.75) is 37.9 Å². The molecule has 3 rings (SSSR count). The topological polar surface area (TPSA) is 12.5 Å². The van der Waals surface area contributed by atoms with Gasteiger partial charge < -0.3 is 9.64 Å². The molecular weight excluding hydrogens is 337 g/mol. The lowest BCUT2D eigenvalue weighted by molar-refractivity contribution is -0.107. The van der Waals surface area contributed by atoms with Gasteiger partial charge in [-0.3, -0.25) is 0 Å². The van der Waals surface area contributed by atoms with Gasteiger partial charge >= 0.3 is 0 Å². The number of ether oxygens (including phenoxy) is 1. The zero-order valence-corrected chi connectivity index (χ0v) is 16.2. The highest BCUT2D eigenvalue weighted by Gasteiger charge is 2.49. The van der Waals surface area contributed by atoms with Gasteiger partial charge in [0.1, 0.15) is 11.4 Å². The highest BCUT2D eigenvalue weighted by atomic mass is 35.5. The Morgan fingerprint density at radius 2 is 1.56 bits per heavy atom. The Morgan fingerprint density at radius 1 is 0.960 bits per heavy atom. The van der Waals surface area contributed by atoms with Crippen LogP contribution in [0.3, 0.4) is 0 Å². The Bertz CT molecular complexity index is 714. The monoisotopic (exact) mass is 363 g/mol. The predicted octanol–water partition coefficient (Wildman–Crippen LogP) is 5.10. The normalized spacial score (nSPS) is 21.0. The molecule has 0 spiro atoms.